The Labute approximate surface area is 105 Å². The summed E-state index contributed by atoms with van der Waals surface area (Å²) in [6.07, 6.45) is 0.440. The zero-order chi connectivity index (χ0) is 13.4. The smallest absolute Gasteiger partial charge is 0.276 e. The molecule has 0 aliphatic heterocycles. The fourth-order valence-corrected chi connectivity index (χ4v) is 1.43. The molecule has 2 N–H and O–H groups in total. The van der Waals surface area contributed by atoms with Crippen LogP contribution in [0.15, 0.2) is 30.3 Å². The molecule has 100 valence electrons. The second-order valence-corrected chi connectivity index (χ2v) is 4.54. The quantitative estimate of drug-likeness (QED) is 0.522. The van der Waals surface area contributed by atoms with Crippen LogP contribution in [0.5, 0.6) is 0 Å². The molecule has 8 heteroatoms. The summed E-state index contributed by atoms with van der Waals surface area (Å²) in [5.41, 5.74) is 0.886. The van der Waals surface area contributed by atoms with E-state index in [4.69, 9.17) is 4.84 Å². The summed E-state index contributed by atoms with van der Waals surface area (Å²) in [7, 11) is -3.99. The molecule has 0 heterocycles. The molecule has 0 radical (unpaired) electrons. The Morgan fingerprint density at radius 3 is 2.50 bits per heavy atom. The average molecular weight is 274 g/mol. The minimum absolute atomic E-state index is 0.0350. The maximum Gasteiger partial charge on any atom is 0.333 e. The van der Waals surface area contributed by atoms with Crippen LogP contribution in [0, 0.1) is 0 Å². The standard InChI is InChI=1S/C10H14N2O5S/c11-18(14,15)17-7-6-12(9-13)16-8-10-4-2-1-3-5-10/h1-5,9H,6-8H2,(H2,11,14,15). The molecule has 0 spiro atoms. The van der Waals surface area contributed by atoms with Gasteiger partial charge in [-0.3, -0.25) is 13.8 Å². The molecular formula is C10H14N2O5S. The van der Waals surface area contributed by atoms with Gasteiger partial charge in [0.25, 0.3) is 0 Å². The number of amides is 1. The van der Waals surface area contributed by atoms with E-state index in [1.54, 1.807) is 0 Å². The molecule has 18 heavy (non-hydrogen) atoms. The summed E-state index contributed by atoms with van der Waals surface area (Å²) in [6.45, 7) is -0.0892. The summed E-state index contributed by atoms with van der Waals surface area (Å²) < 4.78 is 25.3. The van der Waals surface area contributed by atoms with Gasteiger partial charge in [0.2, 0.25) is 6.41 Å². The zero-order valence-electron chi connectivity index (χ0n) is 9.56. The SMILES string of the molecule is NS(=O)(=O)OCCN(C=O)OCc1ccccc1. The Bertz CT molecular complexity index is 462. The number of nitrogens with two attached hydrogens (primary N) is 1. The van der Waals surface area contributed by atoms with Gasteiger partial charge in [-0.1, -0.05) is 30.3 Å². The van der Waals surface area contributed by atoms with Crippen LogP contribution < -0.4 is 5.14 Å². The number of carbonyl (C=O) groups excluding carboxylic acids is 1. The van der Waals surface area contributed by atoms with E-state index in [1.165, 1.54) is 0 Å². The number of benzene rings is 1. The zero-order valence-corrected chi connectivity index (χ0v) is 10.4. The van der Waals surface area contributed by atoms with E-state index in [9.17, 15) is 13.2 Å². The van der Waals surface area contributed by atoms with Gasteiger partial charge in [-0.2, -0.15) is 8.42 Å². The largest absolute Gasteiger partial charge is 0.333 e. The summed E-state index contributed by atoms with van der Waals surface area (Å²) in [5.74, 6) is 0. The van der Waals surface area contributed by atoms with E-state index < -0.39 is 10.3 Å². The molecule has 1 aromatic carbocycles. The second kappa shape index (κ2) is 7.07. The van der Waals surface area contributed by atoms with Crippen molar-refractivity contribution in [3.05, 3.63) is 35.9 Å². The highest BCUT2D eigenvalue weighted by atomic mass is 32.2. The van der Waals surface area contributed by atoms with Crippen molar-refractivity contribution >= 4 is 16.7 Å². The molecule has 1 aromatic rings. The highest BCUT2D eigenvalue weighted by molar-refractivity contribution is 7.84. The third kappa shape index (κ3) is 6.30. The van der Waals surface area contributed by atoms with Crippen LogP contribution in [-0.4, -0.2) is 33.0 Å². The summed E-state index contributed by atoms with van der Waals surface area (Å²) >= 11 is 0. The predicted molar refractivity (Wildman–Crippen MR) is 63.1 cm³/mol. The van der Waals surface area contributed by atoms with Crippen molar-refractivity contribution in [2.45, 2.75) is 6.61 Å². The van der Waals surface area contributed by atoms with Crippen LogP contribution in [0.3, 0.4) is 0 Å². The van der Waals surface area contributed by atoms with E-state index in [2.05, 4.69) is 9.32 Å². The summed E-state index contributed by atoms with van der Waals surface area (Å²) in [4.78, 5) is 15.8. The predicted octanol–water partition coefficient (Wildman–Crippen LogP) is -0.203. The highest BCUT2D eigenvalue weighted by Gasteiger charge is 2.06. The third-order valence-electron chi connectivity index (χ3n) is 1.92. The first kappa shape index (κ1) is 14.6. The number of nitrogens with zero attached hydrogens (tertiary/aromatic N) is 1. The van der Waals surface area contributed by atoms with Gasteiger partial charge >= 0.3 is 10.3 Å². The fraction of sp³-hybridized carbons (Fsp3) is 0.300. The topological polar surface area (TPSA) is 98.9 Å². The van der Waals surface area contributed by atoms with Crippen molar-refractivity contribution < 1.29 is 22.2 Å². The van der Waals surface area contributed by atoms with E-state index in [1.807, 2.05) is 30.3 Å². The van der Waals surface area contributed by atoms with Gasteiger partial charge in [0, 0.05) is 0 Å². The number of hydrogen-bond acceptors (Lipinski definition) is 5. The van der Waals surface area contributed by atoms with Crippen molar-refractivity contribution in [1.29, 1.82) is 0 Å². The lowest BCUT2D eigenvalue weighted by Gasteiger charge is -2.16. The number of hydroxylamine groups is 2. The molecule has 0 aliphatic rings. The minimum atomic E-state index is -3.99. The van der Waals surface area contributed by atoms with Crippen LogP contribution in [0.1, 0.15) is 5.56 Å². The Morgan fingerprint density at radius 2 is 1.94 bits per heavy atom. The lowest BCUT2D eigenvalue weighted by molar-refractivity contribution is -0.179. The molecule has 1 rings (SSSR count). The number of rotatable bonds is 8. The van der Waals surface area contributed by atoms with Crippen LogP contribution in [0.2, 0.25) is 0 Å². The first-order chi connectivity index (χ1) is 8.51. The molecule has 0 fully saturated rings. The van der Waals surface area contributed by atoms with Crippen molar-refractivity contribution in [1.82, 2.24) is 5.06 Å². The van der Waals surface area contributed by atoms with Crippen molar-refractivity contribution in [2.24, 2.45) is 5.14 Å². The van der Waals surface area contributed by atoms with Crippen LogP contribution in [0.4, 0.5) is 0 Å². The van der Waals surface area contributed by atoms with E-state index >= 15 is 0 Å². The van der Waals surface area contributed by atoms with Gasteiger partial charge in [-0.15, -0.1) is 0 Å². The summed E-state index contributed by atoms with van der Waals surface area (Å²) in [5, 5.41) is 5.57. The Balaban J connectivity index is 2.32. The highest BCUT2D eigenvalue weighted by Crippen LogP contribution is 2.01. The average Bonchev–Trinajstić information content (AvgIpc) is 2.33. The Kier molecular flexibility index (Phi) is 5.72. The lowest BCUT2D eigenvalue weighted by atomic mass is 10.2. The van der Waals surface area contributed by atoms with Gasteiger partial charge in [-0.05, 0) is 5.56 Å². The molecule has 0 saturated carbocycles. The number of hydrogen-bond donors (Lipinski definition) is 1. The molecule has 0 aromatic heterocycles. The van der Waals surface area contributed by atoms with Gasteiger partial charge < -0.3 is 0 Å². The Morgan fingerprint density at radius 1 is 1.28 bits per heavy atom. The molecule has 7 nitrogen and oxygen atoms in total. The van der Waals surface area contributed by atoms with Crippen LogP contribution in [0.25, 0.3) is 0 Å². The fourth-order valence-electron chi connectivity index (χ4n) is 1.12. The third-order valence-corrected chi connectivity index (χ3v) is 2.41. The van der Waals surface area contributed by atoms with Crippen LogP contribution in [-0.2, 0) is 30.7 Å². The molecule has 1 amide bonds. The first-order valence-electron chi connectivity index (χ1n) is 5.07. The second-order valence-electron chi connectivity index (χ2n) is 3.32. The van der Waals surface area contributed by atoms with Gasteiger partial charge in [0.15, 0.2) is 0 Å². The van der Waals surface area contributed by atoms with Crippen molar-refractivity contribution in [3.63, 3.8) is 0 Å². The first-order valence-corrected chi connectivity index (χ1v) is 6.54. The molecule has 0 aliphatic carbocycles. The minimum Gasteiger partial charge on any atom is -0.276 e. The van der Waals surface area contributed by atoms with Gasteiger partial charge in [0.05, 0.1) is 13.2 Å². The Hall–Kier alpha value is -1.48. The molecule has 0 bridgehead atoms. The van der Waals surface area contributed by atoms with Crippen molar-refractivity contribution in [3.8, 4) is 0 Å². The normalized spacial score (nSPS) is 11.2. The van der Waals surface area contributed by atoms with Crippen LogP contribution >= 0.6 is 0 Å². The lowest BCUT2D eigenvalue weighted by Crippen LogP contribution is -2.28. The maximum atomic E-state index is 10.6. The molecule has 0 atom stereocenters. The van der Waals surface area contributed by atoms with Crippen molar-refractivity contribution in [2.75, 3.05) is 13.2 Å². The van der Waals surface area contributed by atoms with E-state index in [0.717, 1.165) is 10.6 Å². The van der Waals surface area contributed by atoms with Gasteiger partial charge in [0.1, 0.15) is 6.61 Å². The number of carbonyl (C=O) groups is 1. The monoisotopic (exact) mass is 274 g/mol. The summed E-state index contributed by atoms with van der Waals surface area (Å²) in [6, 6.07) is 9.22. The molecule has 0 saturated heterocycles. The molecule has 0 unspecified atom stereocenters. The molecular weight excluding hydrogens is 260 g/mol. The van der Waals surface area contributed by atoms with Gasteiger partial charge in [-0.25, -0.2) is 10.2 Å². The van der Waals surface area contributed by atoms with E-state index in [0.29, 0.717) is 6.41 Å². The van der Waals surface area contributed by atoms with E-state index in [-0.39, 0.29) is 19.8 Å². The maximum absolute atomic E-state index is 10.6.